The standard InChI is InChI=1S/C16H24ClNO8/c1-5-6-12(22)18-13-15(25-10(4)21)14(24-9(3)20)11(26-16(13)17)7-23-8(2)19/h11,13-16H,5-7H2,1-4H3,(H,18,22)/t11-,13-,14-,15-,16-/m1/s1. The number of ether oxygens (including phenoxy) is 4. The Morgan fingerprint density at radius 2 is 1.58 bits per heavy atom. The first-order valence-corrected chi connectivity index (χ1v) is 8.66. The molecule has 1 aliphatic heterocycles. The molecule has 148 valence electrons. The molecule has 1 aliphatic rings. The van der Waals surface area contributed by atoms with Crippen molar-refractivity contribution in [2.75, 3.05) is 6.61 Å². The molecule has 1 amide bonds. The fourth-order valence-corrected chi connectivity index (χ4v) is 2.87. The summed E-state index contributed by atoms with van der Waals surface area (Å²) in [6.45, 7) is 5.12. The van der Waals surface area contributed by atoms with Crippen LogP contribution in [-0.2, 0) is 38.1 Å². The first kappa shape index (κ1) is 22.2. The summed E-state index contributed by atoms with van der Waals surface area (Å²) in [4.78, 5) is 46.1. The van der Waals surface area contributed by atoms with E-state index in [4.69, 9.17) is 30.5 Å². The summed E-state index contributed by atoms with van der Waals surface area (Å²) in [6.07, 6.45) is -2.34. The third-order valence-corrected chi connectivity index (χ3v) is 3.87. The highest BCUT2D eigenvalue weighted by Crippen LogP contribution is 2.29. The summed E-state index contributed by atoms with van der Waals surface area (Å²) in [7, 11) is 0. The van der Waals surface area contributed by atoms with E-state index in [9.17, 15) is 19.2 Å². The van der Waals surface area contributed by atoms with Crippen LogP contribution in [0.15, 0.2) is 0 Å². The Balaban J connectivity index is 3.10. The molecule has 0 aromatic heterocycles. The van der Waals surface area contributed by atoms with Gasteiger partial charge in [-0.3, -0.25) is 19.2 Å². The number of carbonyl (C=O) groups is 4. The lowest BCUT2D eigenvalue weighted by atomic mass is 9.97. The Labute approximate surface area is 156 Å². The van der Waals surface area contributed by atoms with Crippen molar-refractivity contribution in [3.63, 3.8) is 0 Å². The number of amides is 1. The number of nitrogens with one attached hydrogen (secondary N) is 1. The molecular weight excluding hydrogens is 370 g/mol. The molecule has 0 bridgehead atoms. The molecule has 5 atom stereocenters. The molecule has 26 heavy (non-hydrogen) atoms. The van der Waals surface area contributed by atoms with E-state index in [2.05, 4.69) is 5.32 Å². The molecule has 1 heterocycles. The summed E-state index contributed by atoms with van der Waals surface area (Å²) in [5.74, 6) is -2.19. The van der Waals surface area contributed by atoms with Gasteiger partial charge in [0.2, 0.25) is 5.91 Å². The zero-order valence-electron chi connectivity index (χ0n) is 15.2. The van der Waals surface area contributed by atoms with Gasteiger partial charge < -0.3 is 24.3 Å². The van der Waals surface area contributed by atoms with Gasteiger partial charge in [0.25, 0.3) is 0 Å². The van der Waals surface area contributed by atoms with Crippen LogP contribution in [0.4, 0.5) is 0 Å². The van der Waals surface area contributed by atoms with Crippen LogP contribution in [0.1, 0.15) is 40.5 Å². The van der Waals surface area contributed by atoms with Crippen LogP contribution in [0, 0.1) is 0 Å². The molecule has 0 saturated carbocycles. The van der Waals surface area contributed by atoms with E-state index >= 15 is 0 Å². The second-order valence-electron chi connectivity index (χ2n) is 5.82. The van der Waals surface area contributed by atoms with E-state index in [1.807, 2.05) is 6.92 Å². The molecule has 0 aliphatic carbocycles. The van der Waals surface area contributed by atoms with Gasteiger partial charge in [-0.05, 0) is 6.42 Å². The average Bonchev–Trinajstić information content (AvgIpc) is 2.51. The predicted octanol–water partition coefficient (Wildman–Crippen LogP) is 0.662. The minimum Gasteiger partial charge on any atom is -0.463 e. The van der Waals surface area contributed by atoms with E-state index in [1.165, 1.54) is 20.8 Å². The maximum Gasteiger partial charge on any atom is 0.303 e. The Bertz CT molecular complexity index is 540. The quantitative estimate of drug-likeness (QED) is 0.381. The Kier molecular flexibility index (Phi) is 8.80. The molecule has 0 radical (unpaired) electrons. The monoisotopic (exact) mass is 393 g/mol. The van der Waals surface area contributed by atoms with Crippen molar-refractivity contribution in [3.8, 4) is 0 Å². The number of rotatable bonds is 7. The number of hydrogen-bond acceptors (Lipinski definition) is 8. The summed E-state index contributed by atoms with van der Waals surface area (Å²) in [5.41, 5.74) is -1.09. The first-order valence-electron chi connectivity index (χ1n) is 8.22. The van der Waals surface area contributed by atoms with E-state index in [1.54, 1.807) is 0 Å². The Morgan fingerprint density at radius 3 is 2.08 bits per heavy atom. The highest BCUT2D eigenvalue weighted by Gasteiger charge is 2.50. The highest BCUT2D eigenvalue weighted by molar-refractivity contribution is 6.20. The van der Waals surface area contributed by atoms with Crippen LogP contribution >= 0.6 is 11.6 Å². The van der Waals surface area contributed by atoms with Crippen LogP contribution in [-0.4, -0.2) is 60.3 Å². The predicted molar refractivity (Wildman–Crippen MR) is 89.1 cm³/mol. The molecular formula is C16H24ClNO8. The molecule has 1 fully saturated rings. The third-order valence-electron chi connectivity index (χ3n) is 3.49. The van der Waals surface area contributed by atoms with E-state index < -0.39 is 47.8 Å². The minimum atomic E-state index is -1.11. The van der Waals surface area contributed by atoms with Crippen molar-refractivity contribution < 1.29 is 38.1 Å². The Morgan fingerprint density at radius 1 is 1.00 bits per heavy atom. The third kappa shape index (κ3) is 6.80. The van der Waals surface area contributed by atoms with Gasteiger partial charge in [-0.25, -0.2) is 0 Å². The number of halogens is 1. The van der Waals surface area contributed by atoms with Gasteiger partial charge in [0.15, 0.2) is 17.8 Å². The molecule has 0 unspecified atom stereocenters. The molecule has 10 heteroatoms. The van der Waals surface area contributed by atoms with Gasteiger partial charge in [0.05, 0.1) is 0 Å². The number of hydrogen-bond donors (Lipinski definition) is 1. The van der Waals surface area contributed by atoms with E-state index in [0.29, 0.717) is 6.42 Å². The smallest absolute Gasteiger partial charge is 0.303 e. The lowest BCUT2D eigenvalue weighted by Gasteiger charge is -2.43. The highest BCUT2D eigenvalue weighted by atomic mass is 35.5. The van der Waals surface area contributed by atoms with Crippen molar-refractivity contribution in [2.45, 2.75) is 70.5 Å². The minimum absolute atomic E-state index is 0.238. The first-order chi connectivity index (χ1) is 12.1. The number of esters is 3. The van der Waals surface area contributed by atoms with Gasteiger partial charge in [-0.2, -0.15) is 0 Å². The molecule has 9 nitrogen and oxygen atoms in total. The van der Waals surface area contributed by atoms with Crippen LogP contribution in [0.2, 0.25) is 0 Å². The van der Waals surface area contributed by atoms with Crippen LogP contribution in [0.5, 0.6) is 0 Å². The molecule has 1 rings (SSSR count). The van der Waals surface area contributed by atoms with Gasteiger partial charge in [-0.1, -0.05) is 18.5 Å². The fourth-order valence-electron chi connectivity index (χ4n) is 2.53. The molecule has 0 spiro atoms. The lowest BCUT2D eigenvalue weighted by Crippen LogP contribution is -2.65. The van der Waals surface area contributed by atoms with E-state index in [0.717, 1.165) is 0 Å². The SMILES string of the molecule is CCCC(=O)N[C@@H]1[C@@H](OC(C)=O)[C@H](OC(C)=O)[C@@H](COC(C)=O)O[C@H]1Cl. The summed E-state index contributed by atoms with van der Waals surface area (Å²) >= 11 is 6.21. The number of carbonyl (C=O) groups excluding carboxylic acids is 4. The molecule has 1 saturated heterocycles. The van der Waals surface area contributed by atoms with Crippen molar-refractivity contribution in [1.82, 2.24) is 5.32 Å². The average molecular weight is 394 g/mol. The van der Waals surface area contributed by atoms with E-state index in [-0.39, 0.29) is 18.9 Å². The number of alkyl halides is 1. The van der Waals surface area contributed by atoms with Crippen LogP contribution in [0.25, 0.3) is 0 Å². The maximum atomic E-state index is 12.0. The maximum absolute atomic E-state index is 12.0. The lowest BCUT2D eigenvalue weighted by molar-refractivity contribution is -0.212. The topological polar surface area (TPSA) is 117 Å². The van der Waals surface area contributed by atoms with Crippen molar-refractivity contribution in [3.05, 3.63) is 0 Å². The van der Waals surface area contributed by atoms with Crippen molar-refractivity contribution in [1.29, 1.82) is 0 Å². The second-order valence-corrected chi connectivity index (χ2v) is 6.25. The largest absolute Gasteiger partial charge is 0.463 e. The van der Waals surface area contributed by atoms with Gasteiger partial charge in [0.1, 0.15) is 18.8 Å². The molecule has 0 aromatic rings. The van der Waals surface area contributed by atoms with Crippen LogP contribution in [0.3, 0.4) is 0 Å². The zero-order valence-corrected chi connectivity index (χ0v) is 15.9. The summed E-state index contributed by atoms with van der Waals surface area (Å²) in [6, 6.07) is -0.947. The Hall–Kier alpha value is -1.87. The summed E-state index contributed by atoms with van der Waals surface area (Å²) in [5, 5.41) is 2.64. The van der Waals surface area contributed by atoms with Crippen molar-refractivity contribution >= 4 is 35.4 Å². The molecule has 1 N–H and O–H groups in total. The zero-order chi connectivity index (χ0) is 19.9. The second kappa shape index (κ2) is 10.3. The van der Waals surface area contributed by atoms with Gasteiger partial charge in [0, 0.05) is 27.2 Å². The van der Waals surface area contributed by atoms with Gasteiger partial charge >= 0.3 is 17.9 Å². The van der Waals surface area contributed by atoms with Crippen molar-refractivity contribution in [2.24, 2.45) is 0 Å². The van der Waals surface area contributed by atoms with Gasteiger partial charge in [-0.15, -0.1) is 0 Å². The summed E-state index contributed by atoms with van der Waals surface area (Å²) < 4.78 is 21.0. The van der Waals surface area contributed by atoms with Crippen LogP contribution < -0.4 is 5.32 Å². The fraction of sp³-hybridized carbons (Fsp3) is 0.750. The normalized spacial score (nSPS) is 28.0. The molecule has 0 aromatic carbocycles.